The van der Waals surface area contributed by atoms with Crippen molar-refractivity contribution in [3.63, 3.8) is 0 Å². The van der Waals surface area contributed by atoms with Crippen LogP contribution in [-0.2, 0) is 13.0 Å². The van der Waals surface area contributed by atoms with Gasteiger partial charge in [-0.15, -0.1) is 0 Å². The predicted molar refractivity (Wildman–Crippen MR) is 50.9 cm³/mol. The molecule has 0 aliphatic rings. The molecule has 0 bridgehead atoms. The molecule has 1 rings (SSSR count). The molecule has 13 heavy (non-hydrogen) atoms. The lowest BCUT2D eigenvalue weighted by Gasteiger charge is -2.00. The second-order valence-corrected chi connectivity index (χ2v) is 3.14. The van der Waals surface area contributed by atoms with Crippen LogP contribution in [0, 0.1) is 0 Å². The molecule has 0 aromatic carbocycles. The number of pyridine rings is 1. The molecule has 1 nitrogen and oxygen atoms in total. The first-order valence-corrected chi connectivity index (χ1v) is 4.85. The third-order valence-corrected chi connectivity index (χ3v) is 2.01. The first kappa shape index (κ1) is 12.4. The van der Waals surface area contributed by atoms with Gasteiger partial charge in [-0.2, -0.15) is 0 Å². The minimum Gasteiger partial charge on any atom is -1.00 e. The molecule has 0 amide bonds. The summed E-state index contributed by atoms with van der Waals surface area (Å²) in [5, 5.41) is 0. The molecule has 74 valence electrons. The van der Waals surface area contributed by atoms with Gasteiger partial charge in [-0.1, -0.05) is 19.9 Å². The minimum atomic E-state index is 0. The molecule has 0 unspecified atom stereocenters. The van der Waals surface area contributed by atoms with Crippen molar-refractivity contribution in [2.24, 2.45) is 0 Å². The Morgan fingerprint density at radius 1 is 1.15 bits per heavy atom. The monoisotopic (exact) mass is 199 g/mol. The van der Waals surface area contributed by atoms with Gasteiger partial charge in [-0.25, -0.2) is 4.57 Å². The first-order chi connectivity index (χ1) is 5.88. The van der Waals surface area contributed by atoms with E-state index in [-0.39, 0.29) is 12.4 Å². The van der Waals surface area contributed by atoms with E-state index in [1.807, 2.05) is 0 Å². The third kappa shape index (κ3) is 3.77. The van der Waals surface area contributed by atoms with Crippen molar-refractivity contribution >= 4 is 0 Å². The Morgan fingerprint density at radius 2 is 1.92 bits per heavy atom. The third-order valence-electron chi connectivity index (χ3n) is 2.01. The molecule has 2 heteroatoms. The maximum atomic E-state index is 2.35. The molecular formula is C11H18ClN. The maximum Gasteiger partial charge on any atom is 0.181 e. The topological polar surface area (TPSA) is 3.88 Å². The van der Waals surface area contributed by atoms with Gasteiger partial charge in [-0.05, 0) is 6.42 Å². The lowest BCUT2D eigenvalue weighted by atomic mass is 10.2. The van der Waals surface area contributed by atoms with Crippen LogP contribution in [0.25, 0.3) is 0 Å². The zero-order valence-electron chi connectivity index (χ0n) is 8.46. The summed E-state index contributed by atoms with van der Waals surface area (Å²) in [5.74, 6) is 0. The normalized spacial score (nSPS) is 9.38. The van der Waals surface area contributed by atoms with Gasteiger partial charge in [0.15, 0.2) is 11.9 Å². The van der Waals surface area contributed by atoms with Crippen molar-refractivity contribution in [1.29, 1.82) is 0 Å². The van der Waals surface area contributed by atoms with Gasteiger partial charge in [0.2, 0.25) is 0 Å². The summed E-state index contributed by atoms with van der Waals surface area (Å²) in [6, 6.07) is 6.45. The number of rotatable bonds is 4. The Bertz CT molecular complexity index is 210. The molecule has 1 aromatic rings. The van der Waals surface area contributed by atoms with E-state index in [9.17, 15) is 0 Å². The van der Waals surface area contributed by atoms with Gasteiger partial charge < -0.3 is 12.4 Å². The number of aromatic nitrogens is 1. The van der Waals surface area contributed by atoms with Gasteiger partial charge in [0, 0.05) is 25.0 Å². The van der Waals surface area contributed by atoms with E-state index in [0.29, 0.717) is 0 Å². The first-order valence-electron chi connectivity index (χ1n) is 4.85. The SMILES string of the molecule is CCCc1cccc[n+]1CCC.[Cl-]. The second-order valence-electron chi connectivity index (χ2n) is 3.14. The molecule has 1 aromatic heterocycles. The summed E-state index contributed by atoms with van der Waals surface area (Å²) >= 11 is 0. The Hall–Kier alpha value is -0.560. The Kier molecular flexibility index (Phi) is 6.61. The molecule has 1 heterocycles. The highest BCUT2D eigenvalue weighted by Gasteiger charge is 2.05. The van der Waals surface area contributed by atoms with Crippen molar-refractivity contribution < 1.29 is 17.0 Å². The number of aryl methyl sites for hydroxylation is 2. The zero-order valence-corrected chi connectivity index (χ0v) is 9.22. The molecule has 0 saturated carbocycles. The highest BCUT2D eigenvalue weighted by Crippen LogP contribution is 1.96. The van der Waals surface area contributed by atoms with E-state index in [2.05, 4.69) is 42.8 Å². The van der Waals surface area contributed by atoms with Crippen LogP contribution in [0.2, 0.25) is 0 Å². The van der Waals surface area contributed by atoms with Gasteiger partial charge in [0.05, 0.1) is 0 Å². The number of halogens is 1. The van der Waals surface area contributed by atoms with Crippen LogP contribution in [0.1, 0.15) is 32.4 Å². The summed E-state index contributed by atoms with van der Waals surface area (Å²) in [6.07, 6.45) is 5.81. The van der Waals surface area contributed by atoms with E-state index < -0.39 is 0 Å². The fraction of sp³-hybridized carbons (Fsp3) is 0.545. The van der Waals surface area contributed by atoms with E-state index in [0.717, 1.165) is 6.54 Å². The smallest absolute Gasteiger partial charge is 0.181 e. The highest BCUT2D eigenvalue weighted by atomic mass is 35.5. The molecule has 0 N–H and O–H groups in total. The number of nitrogens with zero attached hydrogens (tertiary/aromatic N) is 1. The maximum absolute atomic E-state index is 2.35. The largest absolute Gasteiger partial charge is 1.00 e. The molecule has 0 radical (unpaired) electrons. The summed E-state index contributed by atoms with van der Waals surface area (Å²) in [6.45, 7) is 5.59. The molecule has 0 atom stereocenters. The quantitative estimate of drug-likeness (QED) is 0.567. The fourth-order valence-electron chi connectivity index (χ4n) is 1.45. The summed E-state index contributed by atoms with van der Waals surface area (Å²) in [7, 11) is 0. The molecule has 0 fully saturated rings. The summed E-state index contributed by atoms with van der Waals surface area (Å²) in [5.41, 5.74) is 1.46. The van der Waals surface area contributed by atoms with Crippen molar-refractivity contribution in [2.45, 2.75) is 39.7 Å². The van der Waals surface area contributed by atoms with E-state index in [1.54, 1.807) is 0 Å². The van der Waals surface area contributed by atoms with Crippen LogP contribution in [-0.4, -0.2) is 0 Å². The number of hydrogen-bond acceptors (Lipinski definition) is 0. The van der Waals surface area contributed by atoms with Gasteiger partial charge in [-0.3, -0.25) is 0 Å². The van der Waals surface area contributed by atoms with Gasteiger partial charge >= 0.3 is 0 Å². The fourth-order valence-corrected chi connectivity index (χ4v) is 1.45. The lowest BCUT2D eigenvalue weighted by Crippen LogP contribution is -3.00. The summed E-state index contributed by atoms with van der Waals surface area (Å²) in [4.78, 5) is 0. The van der Waals surface area contributed by atoms with E-state index >= 15 is 0 Å². The van der Waals surface area contributed by atoms with Crippen LogP contribution < -0.4 is 17.0 Å². The lowest BCUT2D eigenvalue weighted by molar-refractivity contribution is -0.704. The molecule has 0 aliphatic heterocycles. The van der Waals surface area contributed by atoms with Crippen LogP contribution >= 0.6 is 0 Å². The zero-order chi connectivity index (χ0) is 8.81. The summed E-state index contributed by atoms with van der Waals surface area (Å²) < 4.78 is 2.35. The van der Waals surface area contributed by atoms with Gasteiger partial charge in [0.25, 0.3) is 0 Å². The average Bonchev–Trinajstić information content (AvgIpc) is 2.09. The molecule has 0 saturated heterocycles. The average molecular weight is 200 g/mol. The Labute approximate surface area is 87.2 Å². The van der Waals surface area contributed by atoms with E-state index in [4.69, 9.17) is 0 Å². The molecule has 0 aliphatic carbocycles. The van der Waals surface area contributed by atoms with Crippen molar-refractivity contribution in [3.05, 3.63) is 30.1 Å². The second kappa shape index (κ2) is 6.90. The number of hydrogen-bond donors (Lipinski definition) is 0. The minimum absolute atomic E-state index is 0. The van der Waals surface area contributed by atoms with Crippen LogP contribution in [0.4, 0.5) is 0 Å². The standard InChI is InChI=1S/C11H18N.ClH/c1-3-7-11-8-5-6-10-12(11)9-4-2;/h5-6,8,10H,3-4,7,9H2,1-2H3;1H/q+1;/p-1. The molecular weight excluding hydrogens is 182 g/mol. The highest BCUT2D eigenvalue weighted by molar-refractivity contribution is 4.96. The molecule has 0 spiro atoms. The Balaban J connectivity index is 0.00000144. The van der Waals surface area contributed by atoms with Crippen LogP contribution in [0.3, 0.4) is 0 Å². The van der Waals surface area contributed by atoms with Crippen molar-refractivity contribution in [3.8, 4) is 0 Å². The van der Waals surface area contributed by atoms with E-state index in [1.165, 1.54) is 25.0 Å². The van der Waals surface area contributed by atoms with Crippen LogP contribution in [0.5, 0.6) is 0 Å². The van der Waals surface area contributed by atoms with Crippen molar-refractivity contribution in [2.75, 3.05) is 0 Å². The van der Waals surface area contributed by atoms with Gasteiger partial charge in [0.1, 0.15) is 6.54 Å². The Morgan fingerprint density at radius 3 is 2.54 bits per heavy atom. The van der Waals surface area contributed by atoms with Crippen LogP contribution in [0.15, 0.2) is 24.4 Å². The van der Waals surface area contributed by atoms with Crippen molar-refractivity contribution in [1.82, 2.24) is 0 Å². The predicted octanol–water partition coefficient (Wildman–Crippen LogP) is -0.659.